The van der Waals surface area contributed by atoms with E-state index >= 15 is 0 Å². The number of aryl methyl sites for hydroxylation is 4. The van der Waals surface area contributed by atoms with Crippen molar-refractivity contribution in [3.63, 3.8) is 0 Å². The van der Waals surface area contributed by atoms with Crippen molar-refractivity contribution >= 4 is 23.1 Å². The molecule has 0 fully saturated rings. The van der Waals surface area contributed by atoms with E-state index in [4.69, 9.17) is 4.74 Å². The standard InChI is InChI=1S/C28H28N2O3/c1-18-8-10-22(11-9-18)25-26(29-23-7-5-6-19(2)15-23)28(32)30(27(25)31)12-13-33-24-16-20(3)14-21(4)17-24/h5-11,14-17,29H,12-13H2,1-4H3. The van der Waals surface area contributed by atoms with Crippen LogP contribution in [-0.4, -0.2) is 29.9 Å². The number of hydrogen-bond acceptors (Lipinski definition) is 4. The molecule has 1 aliphatic rings. The summed E-state index contributed by atoms with van der Waals surface area (Å²) in [7, 11) is 0. The highest BCUT2D eigenvalue weighted by Crippen LogP contribution is 2.31. The highest BCUT2D eigenvalue weighted by Gasteiger charge is 2.39. The summed E-state index contributed by atoms with van der Waals surface area (Å²) in [4.78, 5) is 28.0. The van der Waals surface area contributed by atoms with Gasteiger partial charge < -0.3 is 10.1 Å². The van der Waals surface area contributed by atoms with Gasteiger partial charge in [0.2, 0.25) is 0 Å². The van der Waals surface area contributed by atoms with Crippen LogP contribution >= 0.6 is 0 Å². The van der Waals surface area contributed by atoms with Crippen molar-refractivity contribution in [2.75, 3.05) is 18.5 Å². The van der Waals surface area contributed by atoms with E-state index in [0.717, 1.165) is 33.7 Å². The third kappa shape index (κ3) is 4.98. The summed E-state index contributed by atoms with van der Waals surface area (Å²) in [5, 5.41) is 3.20. The first-order valence-electron chi connectivity index (χ1n) is 11.0. The molecule has 33 heavy (non-hydrogen) atoms. The molecule has 1 heterocycles. The lowest BCUT2D eigenvalue weighted by Crippen LogP contribution is -2.36. The number of ether oxygens (including phenoxy) is 1. The Morgan fingerprint density at radius 1 is 0.758 bits per heavy atom. The molecule has 0 radical (unpaired) electrons. The predicted octanol–water partition coefficient (Wildman–Crippen LogP) is 5.19. The average molecular weight is 441 g/mol. The van der Waals surface area contributed by atoms with E-state index in [0.29, 0.717) is 16.8 Å². The summed E-state index contributed by atoms with van der Waals surface area (Å²) < 4.78 is 5.87. The lowest BCUT2D eigenvalue weighted by molar-refractivity contribution is -0.137. The second-order valence-electron chi connectivity index (χ2n) is 8.54. The monoisotopic (exact) mass is 440 g/mol. The van der Waals surface area contributed by atoms with Crippen molar-refractivity contribution in [3.05, 3.63) is 100 Å². The molecule has 0 aromatic heterocycles. The SMILES string of the molecule is Cc1ccc(C2=C(Nc3cccc(C)c3)C(=O)N(CCOc3cc(C)cc(C)c3)C2=O)cc1. The largest absolute Gasteiger partial charge is 0.492 e. The molecule has 3 aromatic carbocycles. The normalized spacial score (nSPS) is 13.6. The molecule has 1 N–H and O–H groups in total. The van der Waals surface area contributed by atoms with Crippen LogP contribution in [0.15, 0.2) is 72.4 Å². The van der Waals surface area contributed by atoms with Crippen LogP contribution in [0, 0.1) is 27.7 Å². The van der Waals surface area contributed by atoms with E-state index < -0.39 is 0 Å². The number of imide groups is 1. The van der Waals surface area contributed by atoms with Crippen LogP contribution < -0.4 is 10.1 Å². The Morgan fingerprint density at radius 2 is 1.45 bits per heavy atom. The topological polar surface area (TPSA) is 58.6 Å². The van der Waals surface area contributed by atoms with Gasteiger partial charge in [-0.05, 0) is 74.2 Å². The third-order valence-corrected chi connectivity index (χ3v) is 5.57. The number of nitrogens with one attached hydrogen (secondary N) is 1. The van der Waals surface area contributed by atoms with E-state index in [9.17, 15) is 9.59 Å². The molecule has 0 spiro atoms. The van der Waals surface area contributed by atoms with Gasteiger partial charge in [-0.1, -0.05) is 48.0 Å². The van der Waals surface area contributed by atoms with Crippen LogP contribution in [0.4, 0.5) is 5.69 Å². The van der Waals surface area contributed by atoms with Gasteiger partial charge in [-0.15, -0.1) is 0 Å². The molecule has 0 saturated carbocycles. The summed E-state index contributed by atoms with van der Waals surface area (Å²) in [6.45, 7) is 8.38. The van der Waals surface area contributed by atoms with E-state index in [1.54, 1.807) is 0 Å². The van der Waals surface area contributed by atoms with Gasteiger partial charge in [-0.3, -0.25) is 14.5 Å². The molecule has 0 saturated heterocycles. The summed E-state index contributed by atoms with van der Waals surface area (Å²) in [6.07, 6.45) is 0. The molecule has 0 atom stereocenters. The lowest BCUT2D eigenvalue weighted by atomic mass is 10.0. The zero-order valence-electron chi connectivity index (χ0n) is 19.4. The van der Waals surface area contributed by atoms with Gasteiger partial charge >= 0.3 is 0 Å². The van der Waals surface area contributed by atoms with Crippen LogP contribution in [-0.2, 0) is 9.59 Å². The Labute approximate surface area is 194 Å². The third-order valence-electron chi connectivity index (χ3n) is 5.57. The smallest absolute Gasteiger partial charge is 0.278 e. The van der Waals surface area contributed by atoms with E-state index in [2.05, 4.69) is 11.4 Å². The number of rotatable bonds is 7. The summed E-state index contributed by atoms with van der Waals surface area (Å²) in [5.41, 5.74) is 6.51. The Balaban J connectivity index is 1.59. The first kappa shape index (κ1) is 22.3. The van der Waals surface area contributed by atoms with Gasteiger partial charge in [0.05, 0.1) is 12.1 Å². The molecule has 5 heteroatoms. The minimum absolute atomic E-state index is 0.166. The molecule has 5 nitrogen and oxygen atoms in total. The number of carbonyl (C=O) groups is 2. The van der Waals surface area contributed by atoms with Crippen LogP contribution in [0.2, 0.25) is 0 Å². The molecular formula is C28H28N2O3. The van der Waals surface area contributed by atoms with Crippen LogP contribution in [0.3, 0.4) is 0 Å². The van der Waals surface area contributed by atoms with Crippen LogP contribution in [0.1, 0.15) is 27.8 Å². The fourth-order valence-corrected chi connectivity index (χ4v) is 4.02. The van der Waals surface area contributed by atoms with Crippen molar-refractivity contribution in [2.24, 2.45) is 0 Å². The number of nitrogens with zero attached hydrogens (tertiary/aromatic N) is 1. The van der Waals surface area contributed by atoms with Crippen molar-refractivity contribution < 1.29 is 14.3 Å². The van der Waals surface area contributed by atoms with Gasteiger partial charge in [0.1, 0.15) is 18.1 Å². The Bertz CT molecular complexity index is 1220. The molecule has 1 aliphatic heterocycles. The van der Waals surface area contributed by atoms with E-state index in [1.807, 2.05) is 88.4 Å². The zero-order chi connectivity index (χ0) is 23.5. The minimum atomic E-state index is -0.346. The van der Waals surface area contributed by atoms with Crippen molar-refractivity contribution in [3.8, 4) is 5.75 Å². The van der Waals surface area contributed by atoms with Gasteiger partial charge in [0.25, 0.3) is 11.8 Å². The second kappa shape index (κ2) is 9.33. The maximum Gasteiger partial charge on any atom is 0.278 e. The van der Waals surface area contributed by atoms with Gasteiger partial charge in [-0.25, -0.2) is 0 Å². The summed E-state index contributed by atoms with van der Waals surface area (Å²) >= 11 is 0. The quantitative estimate of drug-likeness (QED) is 0.514. The van der Waals surface area contributed by atoms with Gasteiger partial charge in [0.15, 0.2) is 0 Å². The maximum absolute atomic E-state index is 13.4. The molecule has 0 unspecified atom stereocenters. The fraction of sp³-hybridized carbons (Fsp3) is 0.214. The number of amides is 2. The van der Waals surface area contributed by atoms with Gasteiger partial charge in [-0.2, -0.15) is 0 Å². The molecule has 0 bridgehead atoms. The number of benzene rings is 3. The molecule has 0 aliphatic carbocycles. The van der Waals surface area contributed by atoms with Crippen LogP contribution in [0.25, 0.3) is 5.57 Å². The highest BCUT2D eigenvalue weighted by molar-refractivity contribution is 6.36. The molecule has 168 valence electrons. The first-order chi connectivity index (χ1) is 15.8. The predicted molar refractivity (Wildman–Crippen MR) is 131 cm³/mol. The molecule has 4 rings (SSSR count). The first-order valence-corrected chi connectivity index (χ1v) is 11.0. The molecular weight excluding hydrogens is 412 g/mol. The number of anilines is 1. The van der Waals surface area contributed by atoms with Crippen molar-refractivity contribution in [2.45, 2.75) is 27.7 Å². The average Bonchev–Trinajstić information content (AvgIpc) is 2.98. The zero-order valence-corrected chi connectivity index (χ0v) is 19.4. The van der Waals surface area contributed by atoms with Crippen molar-refractivity contribution in [1.29, 1.82) is 0 Å². The van der Waals surface area contributed by atoms with Gasteiger partial charge in [0, 0.05) is 5.69 Å². The van der Waals surface area contributed by atoms with E-state index in [-0.39, 0.29) is 25.0 Å². The Morgan fingerprint density at radius 3 is 2.12 bits per heavy atom. The fourth-order valence-electron chi connectivity index (χ4n) is 4.02. The van der Waals surface area contributed by atoms with E-state index in [1.165, 1.54) is 4.90 Å². The summed E-state index contributed by atoms with van der Waals surface area (Å²) in [5.74, 6) is 0.0700. The minimum Gasteiger partial charge on any atom is -0.492 e. The van der Waals surface area contributed by atoms with Crippen molar-refractivity contribution in [1.82, 2.24) is 4.90 Å². The summed E-state index contributed by atoms with van der Waals surface area (Å²) in [6, 6.07) is 21.3. The maximum atomic E-state index is 13.4. The molecule has 2 amide bonds. The molecule has 3 aromatic rings. The van der Waals surface area contributed by atoms with Crippen LogP contribution in [0.5, 0.6) is 5.75 Å². The lowest BCUT2D eigenvalue weighted by Gasteiger charge is -2.16. The highest BCUT2D eigenvalue weighted by atomic mass is 16.5. The Kier molecular flexibility index (Phi) is 6.31. The second-order valence-corrected chi connectivity index (χ2v) is 8.54. The number of carbonyl (C=O) groups excluding carboxylic acids is 2. The number of hydrogen-bond donors (Lipinski definition) is 1. The Hall–Kier alpha value is -3.86.